The van der Waals surface area contributed by atoms with Crippen LogP contribution in [0.5, 0.6) is 0 Å². The molecular weight excluding hydrogens is 150 g/mol. The van der Waals surface area contributed by atoms with Crippen LogP contribution in [0.3, 0.4) is 0 Å². The van der Waals surface area contributed by atoms with Crippen molar-refractivity contribution in [3.63, 3.8) is 0 Å². The molecule has 0 aliphatic heterocycles. The second-order valence-corrected chi connectivity index (χ2v) is 2.42. The van der Waals surface area contributed by atoms with Gasteiger partial charge in [0.1, 0.15) is 5.78 Å². The predicted molar refractivity (Wildman–Crippen MR) is 45.4 cm³/mol. The molecule has 0 aromatic rings. The summed E-state index contributed by atoms with van der Waals surface area (Å²) in [6.07, 6.45) is 1.47. The van der Waals surface area contributed by atoms with Crippen LogP contribution in [0.2, 0.25) is 0 Å². The largest absolute Gasteiger partial charge is 0.319 e. The zero-order valence-electron chi connectivity index (χ0n) is 6.81. The number of Topliss-reactive ketones (excluding diaryl/α,β-unsaturated/α-hetero) is 1. The number of rotatable bonds is 3. The number of halogens is 1. The van der Waals surface area contributed by atoms with E-state index in [0.29, 0.717) is 0 Å². The molecule has 0 saturated heterocycles. The monoisotopic (exact) mass is 165 g/mol. The van der Waals surface area contributed by atoms with E-state index in [9.17, 15) is 4.79 Å². The Balaban J connectivity index is 0. The number of nitrogens with two attached hydrogens (primary N) is 1. The van der Waals surface area contributed by atoms with Crippen LogP contribution in [0, 0.1) is 0 Å². The molecule has 0 saturated carbocycles. The van der Waals surface area contributed by atoms with Crippen LogP contribution in [0.25, 0.3) is 0 Å². The van der Waals surface area contributed by atoms with Gasteiger partial charge in [0, 0.05) is 0 Å². The minimum absolute atomic E-state index is 0. The van der Waals surface area contributed by atoms with Crippen LogP contribution >= 0.6 is 12.4 Å². The van der Waals surface area contributed by atoms with E-state index in [2.05, 4.69) is 0 Å². The zero-order valence-corrected chi connectivity index (χ0v) is 7.62. The molecule has 0 atom stereocenters. The highest BCUT2D eigenvalue weighted by molar-refractivity contribution is 5.85. The third-order valence-electron chi connectivity index (χ3n) is 1.96. The Kier molecular flexibility index (Phi) is 5.90. The van der Waals surface area contributed by atoms with E-state index in [1.165, 1.54) is 0 Å². The number of ketones is 1. The molecule has 0 aromatic carbocycles. The average molecular weight is 166 g/mol. The molecule has 10 heavy (non-hydrogen) atoms. The van der Waals surface area contributed by atoms with Gasteiger partial charge in [-0.2, -0.15) is 0 Å². The van der Waals surface area contributed by atoms with Crippen molar-refractivity contribution in [2.24, 2.45) is 5.73 Å². The third kappa shape index (κ3) is 2.67. The standard InChI is InChI=1S/C7H15NO.ClH/c1-4-7(8,5-2)6(3)9;/h4-5,8H2,1-3H3;1H. The Morgan fingerprint density at radius 3 is 1.70 bits per heavy atom. The number of carbonyl (C=O) groups is 1. The maximum atomic E-state index is 10.8. The lowest BCUT2D eigenvalue weighted by molar-refractivity contribution is -0.122. The first-order valence-electron chi connectivity index (χ1n) is 3.36. The summed E-state index contributed by atoms with van der Waals surface area (Å²) in [5.74, 6) is 0.0903. The van der Waals surface area contributed by atoms with Crippen LogP contribution in [0.1, 0.15) is 33.6 Å². The Hall–Kier alpha value is -0.0800. The van der Waals surface area contributed by atoms with Crippen LogP contribution < -0.4 is 5.73 Å². The molecule has 2 N–H and O–H groups in total. The van der Waals surface area contributed by atoms with Crippen molar-refractivity contribution >= 4 is 18.2 Å². The lowest BCUT2D eigenvalue weighted by atomic mass is 9.90. The molecule has 0 rings (SSSR count). The number of hydrogen-bond donors (Lipinski definition) is 1. The number of carbonyl (C=O) groups excluding carboxylic acids is 1. The second-order valence-electron chi connectivity index (χ2n) is 2.42. The summed E-state index contributed by atoms with van der Waals surface area (Å²) in [5, 5.41) is 0. The molecule has 0 aliphatic rings. The minimum atomic E-state index is -0.556. The highest BCUT2D eigenvalue weighted by Gasteiger charge is 2.25. The number of hydrogen-bond acceptors (Lipinski definition) is 2. The van der Waals surface area contributed by atoms with Crippen molar-refractivity contribution in [2.75, 3.05) is 0 Å². The van der Waals surface area contributed by atoms with E-state index in [4.69, 9.17) is 5.73 Å². The van der Waals surface area contributed by atoms with Crippen molar-refractivity contribution in [3.05, 3.63) is 0 Å². The smallest absolute Gasteiger partial charge is 0.149 e. The molecule has 3 heteroatoms. The Bertz CT molecular complexity index is 110. The molecule has 62 valence electrons. The molecule has 0 heterocycles. The van der Waals surface area contributed by atoms with Crippen LogP contribution in [0.4, 0.5) is 0 Å². The topological polar surface area (TPSA) is 43.1 Å². The molecule has 0 spiro atoms. The van der Waals surface area contributed by atoms with Crippen LogP contribution in [-0.4, -0.2) is 11.3 Å². The molecule has 0 bridgehead atoms. The summed E-state index contributed by atoms with van der Waals surface area (Å²) < 4.78 is 0. The Morgan fingerprint density at radius 2 is 1.70 bits per heavy atom. The van der Waals surface area contributed by atoms with Gasteiger partial charge in [0.15, 0.2) is 0 Å². The minimum Gasteiger partial charge on any atom is -0.319 e. The van der Waals surface area contributed by atoms with Gasteiger partial charge in [0.05, 0.1) is 5.54 Å². The van der Waals surface area contributed by atoms with Gasteiger partial charge in [-0.3, -0.25) is 4.79 Å². The van der Waals surface area contributed by atoms with Crippen molar-refractivity contribution in [1.29, 1.82) is 0 Å². The first-order valence-corrected chi connectivity index (χ1v) is 3.36. The van der Waals surface area contributed by atoms with E-state index >= 15 is 0 Å². The summed E-state index contributed by atoms with van der Waals surface area (Å²) in [6.45, 7) is 5.42. The highest BCUT2D eigenvalue weighted by atomic mass is 35.5. The van der Waals surface area contributed by atoms with Crippen molar-refractivity contribution in [1.82, 2.24) is 0 Å². The van der Waals surface area contributed by atoms with Crippen LogP contribution in [-0.2, 0) is 4.79 Å². The molecule has 0 fully saturated rings. The van der Waals surface area contributed by atoms with Crippen molar-refractivity contribution < 1.29 is 4.79 Å². The van der Waals surface area contributed by atoms with Crippen molar-refractivity contribution in [3.8, 4) is 0 Å². The van der Waals surface area contributed by atoms with E-state index in [-0.39, 0.29) is 18.2 Å². The van der Waals surface area contributed by atoms with Gasteiger partial charge in [0.25, 0.3) is 0 Å². The van der Waals surface area contributed by atoms with E-state index in [1.807, 2.05) is 13.8 Å². The maximum Gasteiger partial charge on any atom is 0.149 e. The first kappa shape index (κ1) is 12.6. The molecule has 0 unspecified atom stereocenters. The molecule has 0 aliphatic carbocycles. The Labute approximate surface area is 68.6 Å². The fraction of sp³-hybridized carbons (Fsp3) is 0.857. The first-order chi connectivity index (χ1) is 4.06. The SMILES string of the molecule is CCC(N)(CC)C(C)=O.Cl. The summed E-state index contributed by atoms with van der Waals surface area (Å²) in [7, 11) is 0. The summed E-state index contributed by atoms with van der Waals surface area (Å²) >= 11 is 0. The molecule has 0 radical (unpaired) electrons. The summed E-state index contributed by atoms with van der Waals surface area (Å²) in [5.41, 5.74) is 5.13. The van der Waals surface area contributed by atoms with Gasteiger partial charge in [-0.1, -0.05) is 13.8 Å². The molecule has 0 amide bonds. The fourth-order valence-electron chi connectivity index (χ4n) is 0.748. The summed E-state index contributed by atoms with van der Waals surface area (Å²) in [4.78, 5) is 10.8. The van der Waals surface area contributed by atoms with Gasteiger partial charge in [-0.25, -0.2) is 0 Å². The van der Waals surface area contributed by atoms with E-state index in [0.717, 1.165) is 12.8 Å². The maximum absolute atomic E-state index is 10.8. The quantitative estimate of drug-likeness (QED) is 0.689. The predicted octanol–water partition coefficient (Wildman–Crippen LogP) is 1.51. The lowest BCUT2D eigenvalue weighted by Crippen LogP contribution is -2.45. The van der Waals surface area contributed by atoms with Gasteiger partial charge < -0.3 is 5.73 Å². The van der Waals surface area contributed by atoms with Gasteiger partial charge in [0.2, 0.25) is 0 Å². The highest BCUT2D eigenvalue weighted by Crippen LogP contribution is 2.11. The van der Waals surface area contributed by atoms with Gasteiger partial charge in [-0.05, 0) is 19.8 Å². The zero-order chi connectivity index (χ0) is 7.49. The normalized spacial score (nSPS) is 10.4. The fourth-order valence-corrected chi connectivity index (χ4v) is 0.748. The van der Waals surface area contributed by atoms with Gasteiger partial charge in [-0.15, -0.1) is 12.4 Å². The molecule has 2 nitrogen and oxygen atoms in total. The Morgan fingerprint density at radius 1 is 1.40 bits per heavy atom. The van der Waals surface area contributed by atoms with Crippen LogP contribution in [0.15, 0.2) is 0 Å². The van der Waals surface area contributed by atoms with E-state index < -0.39 is 5.54 Å². The third-order valence-corrected chi connectivity index (χ3v) is 1.96. The molecule has 0 aromatic heterocycles. The summed E-state index contributed by atoms with van der Waals surface area (Å²) in [6, 6.07) is 0. The van der Waals surface area contributed by atoms with E-state index in [1.54, 1.807) is 6.92 Å². The average Bonchev–Trinajstić information content (AvgIpc) is 1.86. The van der Waals surface area contributed by atoms with Gasteiger partial charge >= 0.3 is 0 Å². The second kappa shape index (κ2) is 4.69. The van der Waals surface area contributed by atoms with Crippen molar-refractivity contribution in [2.45, 2.75) is 39.2 Å². The lowest BCUT2D eigenvalue weighted by Gasteiger charge is -2.22. The molecular formula is C7H16ClNO.